The monoisotopic (exact) mass is 898 g/mol. The summed E-state index contributed by atoms with van der Waals surface area (Å²) in [6.07, 6.45) is 14.3. The number of unbranched alkanes of at least 4 members (excludes halogenated alkanes) is 8. The van der Waals surface area contributed by atoms with Gasteiger partial charge < -0.3 is 9.47 Å². The lowest BCUT2D eigenvalue weighted by Crippen LogP contribution is -2.27. The van der Waals surface area contributed by atoms with E-state index in [1.807, 2.05) is 0 Å². The Hall–Kier alpha value is -6.56. The number of ether oxygens (including phenoxy) is 2. The highest BCUT2D eigenvalue weighted by Crippen LogP contribution is 2.33. The van der Waals surface area contributed by atoms with Gasteiger partial charge in [-0.3, -0.25) is 28.8 Å². The lowest BCUT2D eigenvalue weighted by atomic mass is 9.85. The van der Waals surface area contributed by atoms with Gasteiger partial charge in [-0.05, 0) is 87.1 Å². The first-order valence-corrected chi connectivity index (χ1v) is 23.5. The molecular formula is C54H58O12. The molecule has 0 N–H and O–H groups in total. The molecule has 6 rings (SSSR count). The van der Waals surface area contributed by atoms with E-state index in [4.69, 9.17) is 19.2 Å². The van der Waals surface area contributed by atoms with Gasteiger partial charge in [-0.15, -0.1) is 0 Å². The van der Waals surface area contributed by atoms with Crippen molar-refractivity contribution < 1.29 is 57.6 Å². The third-order valence-electron chi connectivity index (χ3n) is 12.4. The van der Waals surface area contributed by atoms with Gasteiger partial charge in [-0.1, -0.05) is 114 Å². The molecule has 4 aromatic carbocycles. The molecule has 0 unspecified atom stereocenters. The summed E-state index contributed by atoms with van der Waals surface area (Å²) in [5.74, 6) is -6.05. The Kier molecular flexibility index (Phi) is 17.9. The van der Waals surface area contributed by atoms with E-state index in [1.54, 1.807) is 0 Å². The first kappa shape index (κ1) is 48.9. The molecule has 12 nitrogen and oxygen atoms in total. The highest BCUT2D eigenvalue weighted by Gasteiger charge is 2.32. The maximum atomic E-state index is 14.3. The van der Waals surface area contributed by atoms with Gasteiger partial charge in [-0.25, -0.2) is 19.4 Å². The Bertz CT molecular complexity index is 2270. The van der Waals surface area contributed by atoms with Gasteiger partial charge in [0.2, 0.25) is 0 Å². The number of carbonyl (C=O) groups excluding carboxylic acids is 8. The molecule has 0 bridgehead atoms. The van der Waals surface area contributed by atoms with Gasteiger partial charge in [0, 0.05) is 35.1 Å². The lowest BCUT2D eigenvalue weighted by Gasteiger charge is -2.23. The van der Waals surface area contributed by atoms with E-state index < -0.39 is 35.4 Å². The molecule has 0 saturated heterocycles. The summed E-state index contributed by atoms with van der Waals surface area (Å²) in [6.45, 7) is 4.21. The van der Waals surface area contributed by atoms with Crippen LogP contribution in [0, 0.1) is 11.8 Å². The van der Waals surface area contributed by atoms with Gasteiger partial charge >= 0.3 is 23.9 Å². The van der Waals surface area contributed by atoms with Crippen molar-refractivity contribution in [2.75, 3.05) is 0 Å². The first-order valence-electron chi connectivity index (χ1n) is 23.5. The van der Waals surface area contributed by atoms with Crippen molar-refractivity contribution in [1.82, 2.24) is 0 Å². The Balaban J connectivity index is 1.21. The molecule has 2 saturated carbocycles. The van der Waals surface area contributed by atoms with Gasteiger partial charge in [-0.2, -0.15) is 0 Å². The van der Waals surface area contributed by atoms with Crippen LogP contribution in [0.1, 0.15) is 203 Å². The maximum Gasteiger partial charge on any atom is 0.387 e. The van der Waals surface area contributed by atoms with E-state index in [1.165, 1.54) is 84.9 Å². The summed E-state index contributed by atoms with van der Waals surface area (Å²) >= 11 is 0. The van der Waals surface area contributed by atoms with Crippen LogP contribution in [0.15, 0.2) is 84.9 Å². The van der Waals surface area contributed by atoms with Crippen molar-refractivity contribution in [3.05, 3.63) is 129 Å². The van der Waals surface area contributed by atoms with Crippen LogP contribution in [0.25, 0.3) is 0 Å². The summed E-state index contributed by atoms with van der Waals surface area (Å²) in [4.78, 5) is 119. The largest absolute Gasteiger partial charge is 0.426 e. The van der Waals surface area contributed by atoms with Crippen LogP contribution >= 0.6 is 0 Å². The molecule has 0 atom stereocenters. The number of Topliss-reactive ketones (excluding diaryl/α,β-unsaturated/α-hetero) is 2. The summed E-state index contributed by atoms with van der Waals surface area (Å²) in [5, 5.41) is 0. The van der Waals surface area contributed by atoms with Crippen LogP contribution < -0.4 is 9.47 Å². The van der Waals surface area contributed by atoms with Crippen molar-refractivity contribution in [1.29, 1.82) is 0 Å². The number of hydrogen-bond acceptors (Lipinski definition) is 12. The zero-order valence-corrected chi connectivity index (χ0v) is 37.9. The topological polar surface area (TPSA) is 173 Å². The van der Waals surface area contributed by atoms with Crippen molar-refractivity contribution in [2.45, 2.75) is 129 Å². The van der Waals surface area contributed by atoms with Crippen LogP contribution in [0.4, 0.5) is 0 Å². The number of ketones is 4. The molecule has 0 spiro atoms. The van der Waals surface area contributed by atoms with Gasteiger partial charge in [0.15, 0.2) is 23.1 Å². The molecule has 66 heavy (non-hydrogen) atoms. The number of hydrogen-bond donors (Lipinski definition) is 0. The SMILES string of the molecule is CCCCCCCC(=O)c1ccc(OC(=O)C2CCC2)c(C(=O)c2ccccc2C(=O)OOC(=O)c2ccccc2C(=O)c2cc(C(=O)CCCCCCC)ccc2OC(=O)C2CCC2)c1. The molecule has 2 aliphatic rings. The summed E-state index contributed by atoms with van der Waals surface area (Å²) < 4.78 is 11.4. The molecule has 4 aromatic rings. The van der Waals surface area contributed by atoms with Gasteiger partial charge in [0.25, 0.3) is 0 Å². The van der Waals surface area contributed by atoms with E-state index in [2.05, 4.69) is 13.8 Å². The van der Waals surface area contributed by atoms with E-state index in [0.29, 0.717) is 38.5 Å². The zero-order valence-electron chi connectivity index (χ0n) is 37.9. The minimum Gasteiger partial charge on any atom is -0.426 e. The van der Waals surface area contributed by atoms with Crippen LogP contribution in [-0.2, 0) is 19.4 Å². The molecule has 2 fully saturated rings. The van der Waals surface area contributed by atoms with E-state index in [9.17, 15) is 38.4 Å². The molecule has 0 heterocycles. The second-order valence-electron chi connectivity index (χ2n) is 17.2. The highest BCUT2D eigenvalue weighted by molar-refractivity contribution is 6.18. The predicted octanol–water partition coefficient (Wildman–Crippen LogP) is 11.6. The standard InChI is InChI=1S/C54H58O12/c1-3-5-7-9-11-27-45(55)37-29-31-47(63-51(59)35-19-17-20-35)43(33-37)49(57)39-23-13-15-25-41(39)53(61)65-66-54(62)42-26-16-14-24-40(42)50(58)44-34-38(46(56)28-12-10-8-6-4-2)30-32-48(44)64-52(60)36-21-18-22-36/h13-16,23-26,29-36H,3-12,17-22,27-28H2,1-2H3. The minimum absolute atomic E-state index is 0.0643. The summed E-state index contributed by atoms with van der Waals surface area (Å²) in [6, 6.07) is 19.9. The third-order valence-corrected chi connectivity index (χ3v) is 12.4. The second kappa shape index (κ2) is 24.1. The van der Waals surface area contributed by atoms with E-state index >= 15 is 0 Å². The van der Waals surface area contributed by atoms with E-state index in [-0.39, 0.29) is 92.3 Å². The van der Waals surface area contributed by atoms with E-state index in [0.717, 1.165) is 64.2 Å². The Morgan fingerprint density at radius 2 is 0.803 bits per heavy atom. The van der Waals surface area contributed by atoms with Crippen molar-refractivity contribution in [3.63, 3.8) is 0 Å². The first-order chi connectivity index (χ1) is 32.0. The number of carbonyl (C=O) groups is 8. The van der Waals surface area contributed by atoms with Crippen LogP contribution in [0.2, 0.25) is 0 Å². The smallest absolute Gasteiger partial charge is 0.387 e. The molecule has 346 valence electrons. The van der Waals surface area contributed by atoms with Crippen LogP contribution in [0.3, 0.4) is 0 Å². The van der Waals surface area contributed by atoms with Crippen molar-refractivity contribution in [2.24, 2.45) is 11.8 Å². The van der Waals surface area contributed by atoms with Crippen molar-refractivity contribution in [3.8, 4) is 11.5 Å². The van der Waals surface area contributed by atoms with Crippen molar-refractivity contribution >= 4 is 47.0 Å². The molecule has 0 radical (unpaired) electrons. The number of benzene rings is 4. The fourth-order valence-corrected chi connectivity index (χ4v) is 7.85. The number of rotatable bonds is 24. The molecule has 0 aliphatic heterocycles. The molecule has 12 heteroatoms. The normalized spacial score (nSPS) is 13.4. The molecule has 2 aliphatic carbocycles. The van der Waals surface area contributed by atoms with Gasteiger partial charge in [0.1, 0.15) is 11.5 Å². The minimum atomic E-state index is -1.23. The fraction of sp³-hybridized carbons (Fsp3) is 0.407. The quantitative estimate of drug-likeness (QED) is 0.0163. The lowest BCUT2D eigenvalue weighted by molar-refractivity contribution is -0.187. The number of esters is 2. The molecule has 0 amide bonds. The maximum absolute atomic E-state index is 14.3. The molecule has 0 aromatic heterocycles. The highest BCUT2D eigenvalue weighted by atomic mass is 17.2. The Labute approximate surface area is 385 Å². The average molecular weight is 899 g/mol. The zero-order chi connectivity index (χ0) is 47.0. The van der Waals surface area contributed by atoms with Crippen LogP contribution in [-0.4, -0.2) is 47.0 Å². The second-order valence-corrected chi connectivity index (χ2v) is 17.2. The van der Waals surface area contributed by atoms with Gasteiger partial charge in [0.05, 0.1) is 34.1 Å². The fourth-order valence-electron chi connectivity index (χ4n) is 7.85. The summed E-state index contributed by atoms with van der Waals surface area (Å²) in [7, 11) is 0. The Morgan fingerprint density at radius 3 is 1.15 bits per heavy atom. The summed E-state index contributed by atoms with van der Waals surface area (Å²) in [5.41, 5.74) is -0.684. The molecular weight excluding hydrogens is 841 g/mol. The van der Waals surface area contributed by atoms with Crippen LogP contribution in [0.5, 0.6) is 11.5 Å². The Morgan fingerprint density at radius 1 is 0.439 bits per heavy atom. The average Bonchev–Trinajstić information content (AvgIpc) is 3.29. The third kappa shape index (κ3) is 12.6. The predicted molar refractivity (Wildman–Crippen MR) is 245 cm³/mol.